The van der Waals surface area contributed by atoms with Gasteiger partial charge in [0.05, 0.1) is 5.69 Å². The molecule has 1 aromatic heterocycles. The van der Waals surface area contributed by atoms with Gasteiger partial charge in [-0.25, -0.2) is 4.98 Å². The third-order valence-corrected chi connectivity index (χ3v) is 3.72. The molecule has 2 nitrogen and oxygen atoms in total. The number of rotatable bonds is 1. The minimum Gasteiger partial charge on any atom is -0.375 e. The second-order valence-corrected chi connectivity index (χ2v) is 4.69. The molecule has 0 radical (unpaired) electrons. The lowest BCUT2D eigenvalue weighted by atomic mass is 10.1. The van der Waals surface area contributed by atoms with Gasteiger partial charge in [-0.2, -0.15) is 0 Å². The zero-order valence-corrected chi connectivity index (χ0v) is 10.0. The molecule has 0 saturated carbocycles. The predicted octanol–water partition coefficient (Wildman–Crippen LogP) is 3.46. The molecular formula is C10H9BrN2S. The van der Waals surface area contributed by atoms with Gasteiger partial charge in [0.15, 0.2) is 5.13 Å². The fourth-order valence-corrected chi connectivity index (χ4v) is 2.29. The lowest BCUT2D eigenvalue weighted by Gasteiger charge is -2.03. The Hall–Kier alpha value is -0.870. The van der Waals surface area contributed by atoms with Gasteiger partial charge in [-0.15, -0.1) is 11.3 Å². The Morgan fingerprint density at radius 2 is 2.21 bits per heavy atom. The summed E-state index contributed by atoms with van der Waals surface area (Å²) in [6.07, 6.45) is 0. The van der Waals surface area contributed by atoms with Crippen LogP contribution in [0.5, 0.6) is 0 Å². The van der Waals surface area contributed by atoms with E-state index < -0.39 is 0 Å². The fourth-order valence-electron chi connectivity index (χ4n) is 1.26. The van der Waals surface area contributed by atoms with Crippen LogP contribution in [0.3, 0.4) is 0 Å². The average Bonchev–Trinajstić information content (AvgIpc) is 2.57. The second kappa shape index (κ2) is 3.71. The molecule has 4 heteroatoms. The normalized spacial score (nSPS) is 10.4. The Bertz CT molecular complexity index is 465. The van der Waals surface area contributed by atoms with E-state index in [0.29, 0.717) is 5.13 Å². The summed E-state index contributed by atoms with van der Waals surface area (Å²) in [4.78, 5) is 4.25. The molecule has 0 saturated heterocycles. The highest BCUT2D eigenvalue weighted by Gasteiger charge is 2.07. The van der Waals surface area contributed by atoms with Crippen molar-refractivity contribution in [3.05, 3.63) is 33.6 Å². The standard InChI is InChI=1S/C10H9BrN2S/c1-6-3-2-4-7(9(6)11)8-5-14-10(12)13-8/h2-5H,1H3,(H2,12,13). The summed E-state index contributed by atoms with van der Waals surface area (Å²) in [7, 11) is 0. The van der Waals surface area contributed by atoms with Crippen LogP contribution < -0.4 is 5.73 Å². The van der Waals surface area contributed by atoms with Gasteiger partial charge in [-0.3, -0.25) is 0 Å². The van der Waals surface area contributed by atoms with Crippen molar-refractivity contribution < 1.29 is 0 Å². The largest absolute Gasteiger partial charge is 0.375 e. The molecule has 0 aliphatic rings. The number of nitrogen functional groups attached to an aromatic ring is 1. The number of anilines is 1. The van der Waals surface area contributed by atoms with Crippen LogP contribution in [-0.2, 0) is 0 Å². The SMILES string of the molecule is Cc1cccc(-c2csc(N)n2)c1Br. The number of benzene rings is 1. The highest BCUT2D eigenvalue weighted by atomic mass is 79.9. The van der Waals surface area contributed by atoms with Gasteiger partial charge < -0.3 is 5.73 Å². The Morgan fingerprint density at radius 3 is 2.86 bits per heavy atom. The van der Waals surface area contributed by atoms with E-state index in [1.54, 1.807) is 0 Å². The van der Waals surface area contributed by atoms with E-state index in [9.17, 15) is 0 Å². The van der Waals surface area contributed by atoms with Crippen LogP contribution in [0.15, 0.2) is 28.1 Å². The molecule has 0 amide bonds. The predicted molar refractivity (Wildman–Crippen MR) is 64.4 cm³/mol. The third kappa shape index (κ3) is 1.67. The van der Waals surface area contributed by atoms with E-state index in [-0.39, 0.29) is 0 Å². The quantitative estimate of drug-likeness (QED) is 0.861. The van der Waals surface area contributed by atoms with E-state index in [1.165, 1.54) is 16.9 Å². The molecule has 0 aliphatic carbocycles. The van der Waals surface area contributed by atoms with Crippen LogP contribution in [0.1, 0.15) is 5.56 Å². The summed E-state index contributed by atoms with van der Waals surface area (Å²) in [5.41, 5.74) is 8.83. The zero-order chi connectivity index (χ0) is 10.1. The van der Waals surface area contributed by atoms with Gasteiger partial charge in [0.1, 0.15) is 0 Å². The molecule has 2 N–H and O–H groups in total. The minimum atomic E-state index is 0.605. The first kappa shape index (κ1) is 9.68. The number of halogens is 1. The van der Waals surface area contributed by atoms with E-state index in [4.69, 9.17) is 5.73 Å². The van der Waals surface area contributed by atoms with Crippen molar-refractivity contribution in [1.82, 2.24) is 4.98 Å². The molecule has 0 spiro atoms. The lowest BCUT2D eigenvalue weighted by molar-refractivity contribution is 1.37. The van der Waals surface area contributed by atoms with Crippen molar-refractivity contribution in [2.24, 2.45) is 0 Å². The first-order valence-electron chi connectivity index (χ1n) is 4.15. The zero-order valence-electron chi connectivity index (χ0n) is 7.62. The summed E-state index contributed by atoms with van der Waals surface area (Å²) in [6.45, 7) is 2.06. The number of hydrogen-bond acceptors (Lipinski definition) is 3. The van der Waals surface area contributed by atoms with Crippen LogP contribution in [0.25, 0.3) is 11.3 Å². The number of aromatic nitrogens is 1. The molecule has 2 aromatic rings. The molecule has 0 aliphatic heterocycles. The summed E-state index contributed by atoms with van der Waals surface area (Å²) < 4.78 is 1.09. The minimum absolute atomic E-state index is 0.605. The topological polar surface area (TPSA) is 38.9 Å². The van der Waals surface area contributed by atoms with Crippen molar-refractivity contribution in [3.63, 3.8) is 0 Å². The van der Waals surface area contributed by atoms with Gasteiger partial charge in [0, 0.05) is 15.4 Å². The third-order valence-electron chi connectivity index (χ3n) is 1.99. The van der Waals surface area contributed by atoms with Crippen molar-refractivity contribution in [1.29, 1.82) is 0 Å². The van der Waals surface area contributed by atoms with E-state index >= 15 is 0 Å². The van der Waals surface area contributed by atoms with Gasteiger partial charge in [-0.05, 0) is 28.4 Å². The number of hydrogen-bond donors (Lipinski definition) is 1. The maximum atomic E-state index is 5.60. The molecular weight excluding hydrogens is 260 g/mol. The summed E-state index contributed by atoms with van der Waals surface area (Å²) in [6, 6.07) is 6.11. The molecule has 0 unspecified atom stereocenters. The molecule has 1 aromatic carbocycles. The number of nitrogens with two attached hydrogens (primary N) is 1. The van der Waals surface area contributed by atoms with Crippen LogP contribution in [0.4, 0.5) is 5.13 Å². The van der Waals surface area contributed by atoms with E-state index in [0.717, 1.165) is 15.7 Å². The average molecular weight is 269 g/mol. The summed E-state index contributed by atoms with van der Waals surface area (Å²) in [5.74, 6) is 0. The number of aryl methyl sites for hydroxylation is 1. The van der Waals surface area contributed by atoms with Gasteiger partial charge in [0.2, 0.25) is 0 Å². The van der Waals surface area contributed by atoms with Crippen LogP contribution >= 0.6 is 27.3 Å². The summed E-state index contributed by atoms with van der Waals surface area (Å²) in [5, 5.41) is 2.57. The molecule has 0 bridgehead atoms. The lowest BCUT2D eigenvalue weighted by Crippen LogP contribution is -1.85. The molecule has 72 valence electrons. The van der Waals surface area contributed by atoms with E-state index in [2.05, 4.69) is 33.9 Å². The first-order valence-corrected chi connectivity index (χ1v) is 5.82. The molecule has 1 heterocycles. The van der Waals surface area contributed by atoms with Crippen molar-refractivity contribution in [3.8, 4) is 11.3 Å². The van der Waals surface area contributed by atoms with E-state index in [1.807, 2.05) is 17.5 Å². The Morgan fingerprint density at radius 1 is 1.43 bits per heavy atom. The maximum absolute atomic E-state index is 5.60. The Labute approximate surface area is 94.9 Å². The number of thiazole rings is 1. The Balaban J connectivity index is 2.57. The smallest absolute Gasteiger partial charge is 0.180 e. The van der Waals surface area contributed by atoms with Crippen molar-refractivity contribution >= 4 is 32.4 Å². The highest BCUT2D eigenvalue weighted by molar-refractivity contribution is 9.10. The van der Waals surface area contributed by atoms with Crippen LogP contribution in [0.2, 0.25) is 0 Å². The van der Waals surface area contributed by atoms with Crippen LogP contribution in [-0.4, -0.2) is 4.98 Å². The molecule has 0 atom stereocenters. The van der Waals surface area contributed by atoms with Gasteiger partial charge in [0.25, 0.3) is 0 Å². The van der Waals surface area contributed by atoms with Crippen molar-refractivity contribution in [2.45, 2.75) is 6.92 Å². The van der Waals surface area contributed by atoms with Gasteiger partial charge in [-0.1, -0.05) is 18.2 Å². The highest BCUT2D eigenvalue weighted by Crippen LogP contribution is 2.31. The number of nitrogens with zero attached hydrogens (tertiary/aromatic N) is 1. The summed E-state index contributed by atoms with van der Waals surface area (Å²) >= 11 is 5.01. The molecule has 14 heavy (non-hydrogen) atoms. The van der Waals surface area contributed by atoms with Gasteiger partial charge >= 0.3 is 0 Å². The molecule has 0 fully saturated rings. The van der Waals surface area contributed by atoms with Crippen molar-refractivity contribution in [2.75, 3.05) is 5.73 Å². The monoisotopic (exact) mass is 268 g/mol. The fraction of sp³-hybridized carbons (Fsp3) is 0.100. The first-order chi connectivity index (χ1) is 6.68. The Kier molecular flexibility index (Phi) is 2.56. The van der Waals surface area contributed by atoms with Crippen LogP contribution in [0, 0.1) is 6.92 Å². The maximum Gasteiger partial charge on any atom is 0.180 e. The molecule has 2 rings (SSSR count). The second-order valence-electron chi connectivity index (χ2n) is 3.01.